The zero-order chi connectivity index (χ0) is 26.9. The minimum Gasteiger partial charge on any atom is -0.384 e. The van der Waals surface area contributed by atoms with Gasteiger partial charge in [0.25, 0.3) is 5.91 Å². The van der Waals surface area contributed by atoms with Crippen molar-refractivity contribution in [3.8, 4) is 0 Å². The third-order valence-electron chi connectivity index (χ3n) is 6.73. The number of carbonyl (C=O) groups excluding carboxylic acids is 2. The maximum absolute atomic E-state index is 13.6. The third-order valence-corrected chi connectivity index (χ3v) is 7.59. The number of likely N-dealkylation sites (tertiary alicyclic amines) is 1. The van der Waals surface area contributed by atoms with Crippen LogP contribution < -0.4 is 10.0 Å². The second kappa shape index (κ2) is 10.4. The number of rotatable bonds is 7. The maximum atomic E-state index is 13.6. The number of hydrogen-bond donors (Lipinski definition) is 3. The lowest BCUT2D eigenvalue weighted by molar-refractivity contribution is -0.155. The Labute approximate surface area is 218 Å². The highest BCUT2D eigenvalue weighted by atomic mass is 35.5. The maximum Gasteiger partial charge on any atom is 0.252 e. The van der Waals surface area contributed by atoms with E-state index in [0.29, 0.717) is 24.5 Å². The standard InChI is InChI=1S/C26H34ClN3O5S/c1-17(2)22(28-23(31)18-7-6-8-21(15-18)29-36(5,34)35)24(32)30-14-13-26(33,25(3,4)16-30)19-9-11-20(27)12-10-19/h6-12,15,17,22,29,33H,13-14,16H2,1-5H3,(H,28,31)/t22-,26+/m1/s1. The first kappa shape index (κ1) is 28.0. The molecule has 3 rings (SSSR count). The summed E-state index contributed by atoms with van der Waals surface area (Å²) in [5.74, 6) is -0.901. The number of piperidine rings is 1. The summed E-state index contributed by atoms with van der Waals surface area (Å²) in [5.41, 5.74) is -0.556. The fourth-order valence-electron chi connectivity index (χ4n) is 4.64. The number of aliphatic hydroxyl groups is 1. The molecule has 1 aliphatic heterocycles. The molecule has 36 heavy (non-hydrogen) atoms. The lowest BCUT2D eigenvalue weighted by Crippen LogP contribution is -2.60. The number of anilines is 1. The lowest BCUT2D eigenvalue weighted by Gasteiger charge is -2.51. The topological polar surface area (TPSA) is 116 Å². The Morgan fingerprint density at radius 2 is 1.75 bits per heavy atom. The van der Waals surface area contributed by atoms with Crippen LogP contribution in [0.5, 0.6) is 0 Å². The molecule has 10 heteroatoms. The minimum atomic E-state index is -3.50. The summed E-state index contributed by atoms with van der Waals surface area (Å²) in [6.07, 6.45) is 1.37. The monoisotopic (exact) mass is 535 g/mol. The normalized spacial score (nSPS) is 20.6. The van der Waals surface area contributed by atoms with Gasteiger partial charge in [0.1, 0.15) is 6.04 Å². The highest BCUT2D eigenvalue weighted by Gasteiger charge is 2.50. The zero-order valence-corrected chi connectivity index (χ0v) is 22.8. The van der Waals surface area contributed by atoms with Crippen molar-refractivity contribution in [1.82, 2.24) is 10.2 Å². The average Bonchev–Trinajstić information content (AvgIpc) is 2.78. The van der Waals surface area contributed by atoms with Crippen molar-refractivity contribution in [2.45, 2.75) is 45.8 Å². The van der Waals surface area contributed by atoms with Crippen molar-refractivity contribution in [2.24, 2.45) is 11.3 Å². The lowest BCUT2D eigenvalue weighted by atomic mass is 9.66. The Hall–Kier alpha value is -2.62. The summed E-state index contributed by atoms with van der Waals surface area (Å²) in [5, 5.41) is 15.0. The van der Waals surface area contributed by atoms with Gasteiger partial charge in [-0.15, -0.1) is 0 Å². The molecule has 0 bridgehead atoms. The molecule has 0 unspecified atom stereocenters. The van der Waals surface area contributed by atoms with Crippen LogP contribution in [0.15, 0.2) is 48.5 Å². The van der Waals surface area contributed by atoms with Gasteiger partial charge in [-0.25, -0.2) is 8.42 Å². The van der Waals surface area contributed by atoms with Gasteiger partial charge in [0.15, 0.2) is 0 Å². The van der Waals surface area contributed by atoms with Crippen LogP contribution in [0, 0.1) is 11.3 Å². The van der Waals surface area contributed by atoms with Gasteiger partial charge in [0, 0.05) is 34.8 Å². The van der Waals surface area contributed by atoms with Crippen LogP contribution in [-0.4, -0.2) is 55.6 Å². The summed E-state index contributed by atoms with van der Waals surface area (Å²) in [6.45, 7) is 8.17. The van der Waals surface area contributed by atoms with Crippen LogP contribution in [0.1, 0.15) is 50.0 Å². The van der Waals surface area contributed by atoms with Gasteiger partial charge in [-0.3, -0.25) is 14.3 Å². The van der Waals surface area contributed by atoms with E-state index in [9.17, 15) is 23.1 Å². The van der Waals surface area contributed by atoms with E-state index in [1.165, 1.54) is 6.07 Å². The highest BCUT2D eigenvalue weighted by Crippen LogP contribution is 2.46. The van der Waals surface area contributed by atoms with Gasteiger partial charge in [0.05, 0.1) is 11.9 Å². The van der Waals surface area contributed by atoms with Crippen LogP contribution in [0.3, 0.4) is 0 Å². The number of nitrogens with one attached hydrogen (secondary N) is 2. The number of hydrogen-bond acceptors (Lipinski definition) is 5. The molecule has 0 spiro atoms. The van der Waals surface area contributed by atoms with Crippen LogP contribution in [0.2, 0.25) is 5.02 Å². The molecule has 2 aromatic carbocycles. The average molecular weight is 536 g/mol. The predicted octanol–water partition coefficient (Wildman–Crippen LogP) is 3.61. The quantitative estimate of drug-likeness (QED) is 0.501. The SMILES string of the molecule is CC(C)[C@@H](NC(=O)c1cccc(NS(C)(=O)=O)c1)C(=O)N1CC[C@](O)(c2ccc(Cl)cc2)C(C)(C)C1. The molecule has 0 saturated carbocycles. The van der Waals surface area contributed by atoms with Crippen LogP contribution in [0.4, 0.5) is 5.69 Å². The fourth-order valence-corrected chi connectivity index (χ4v) is 5.32. The van der Waals surface area contributed by atoms with Crippen molar-refractivity contribution in [1.29, 1.82) is 0 Å². The van der Waals surface area contributed by atoms with Crippen LogP contribution in [0.25, 0.3) is 0 Å². The Balaban J connectivity index is 1.76. The molecule has 3 N–H and O–H groups in total. The van der Waals surface area contributed by atoms with Gasteiger partial charge in [-0.05, 0) is 48.2 Å². The molecule has 2 amide bonds. The van der Waals surface area contributed by atoms with E-state index in [1.54, 1.807) is 35.2 Å². The van der Waals surface area contributed by atoms with E-state index >= 15 is 0 Å². The summed E-state index contributed by atoms with van der Waals surface area (Å²) in [7, 11) is -3.50. The fraction of sp³-hybridized carbons (Fsp3) is 0.462. The third kappa shape index (κ3) is 6.19. The molecular formula is C26H34ClN3O5S. The molecular weight excluding hydrogens is 502 g/mol. The van der Waals surface area contributed by atoms with E-state index in [0.717, 1.165) is 11.8 Å². The van der Waals surface area contributed by atoms with Crippen molar-refractivity contribution in [2.75, 3.05) is 24.1 Å². The van der Waals surface area contributed by atoms with Crippen molar-refractivity contribution in [3.05, 3.63) is 64.7 Å². The van der Waals surface area contributed by atoms with E-state index in [1.807, 2.05) is 39.8 Å². The molecule has 0 aromatic heterocycles. The van der Waals surface area contributed by atoms with Crippen LogP contribution >= 0.6 is 11.6 Å². The molecule has 1 heterocycles. The number of halogens is 1. The summed E-state index contributed by atoms with van der Waals surface area (Å²) in [4.78, 5) is 28.3. The Morgan fingerprint density at radius 1 is 1.11 bits per heavy atom. The molecule has 1 aliphatic rings. The molecule has 0 radical (unpaired) electrons. The first-order valence-corrected chi connectivity index (χ1v) is 14.1. The molecule has 8 nitrogen and oxygen atoms in total. The van der Waals surface area contributed by atoms with Gasteiger partial charge < -0.3 is 15.3 Å². The van der Waals surface area contributed by atoms with Gasteiger partial charge in [0.2, 0.25) is 15.9 Å². The molecule has 2 aromatic rings. The minimum absolute atomic E-state index is 0.195. The van der Waals surface area contributed by atoms with Crippen LogP contribution in [-0.2, 0) is 20.4 Å². The number of carbonyl (C=O) groups is 2. The number of nitrogens with zero attached hydrogens (tertiary/aromatic N) is 1. The number of sulfonamides is 1. The smallest absolute Gasteiger partial charge is 0.252 e. The Bertz CT molecular complexity index is 1230. The zero-order valence-electron chi connectivity index (χ0n) is 21.2. The van der Waals surface area contributed by atoms with Crippen molar-refractivity contribution in [3.63, 3.8) is 0 Å². The summed E-state index contributed by atoms with van der Waals surface area (Å²) in [6, 6.07) is 12.4. The molecule has 2 atom stereocenters. The first-order valence-electron chi connectivity index (χ1n) is 11.8. The van der Waals surface area contributed by atoms with Gasteiger partial charge >= 0.3 is 0 Å². The van der Waals surface area contributed by atoms with Crippen molar-refractivity contribution >= 4 is 39.1 Å². The molecule has 0 aliphatic carbocycles. The van der Waals surface area contributed by atoms with E-state index in [-0.39, 0.29) is 23.1 Å². The molecule has 1 fully saturated rings. The van der Waals surface area contributed by atoms with E-state index in [2.05, 4.69) is 10.0 Å². The Kier molecular flexibility index (Phi) is 8.07. The molecule has 196 valence electrons. The first-order chi connectivity index (χ1) is 16.6. The highest BCUT2D eigenvalue weighted by molar-refractivity contribution is 7.92. The second-order valence-corrected chi connectivity index (χ2v) is 12.6. The predicted molar refractivity (Wildman–Crippen MR) is 141 cm³/mol. The Morgan fingerprint density at radius 3 is 2.31 bits per heavy atom. The largest absolute Gasteiger partial charge is 0.384 e. The van der Waals surface area contributed by atoms with Gasteiger partial charge in [-0.1, -0.05) is 57.5 Å². The van der Waals surface area contributed by atoms with Crippen molar-refractivity contribution < 1.29 is 23.1 Å². The summed E-state index contributed by atoms with van der Waals surface area (Å²) < 4.78 is 25.4. The molecule has 1 saturated heterocycles. The number of amides is 2. The number of benzene rings is 2. The summed E-state index contributed by atoms with van der Waals surface area (Å²) >= 11 is 6.02. The van der Waals surface area contributed by atoms with Gasteiger partial charge in [-0.2, -0.15) is 0 Å². The second-order valence-electron chi connectivity index (χ2n) is 10.4. The van der Waals surface area contributed by atoms with E-state index < -0.39 is 33.0 Å². The van der Waals surface area contributed by atoms with E-state index in [4.69, 9.17) is 11.6 Å².